The summed E-state index contributed by atoms with van der Waals surface area (Å²) >= 11 is 0. The Bertz CT molecular complexity index is 117. The van der Waals surface area contributed by atoms with Gasteiger partial charge in [0.05, 0.1) is 0 Å². The highest BCUT2D eigenvalue weighted by Gasteiger charge is 2.02. The molecule has 0 fully saturated rings. The second-order valence-electron chi connectivity index (χ2n) is 4.33. The van der Waals surface area contributed by atoms with E-state index >= 15 is 0 Å². The lowest BCUT2D eigenvalue weighted by Gasteiger charge is -2.11. The molecule has 0 saturated heterocycles. The fourth-order valence-corrected chi connectivity index (χ4v) is 1.44. The van der Waals surface area contributed by atoms with Crippen molar-refractivity contribution in [3.63, 3.8) is 0 Å². The zero-order valence-electron chi connectivity index (χ0n) is 8.44. The molecule has 1 unspecified atom stereocenters. The molecule has 0 aromatic rings. The van der Waals surface area contributed by atoms with Crippen molar-refractivity contribution in [3.8, 4) is 0 Å². The maximum Gasteiger partial charge on any atom is -0.0170 e. The third kappa shape index (κ3) is 10.2. The Morgan fingerprint density at radius 1 is 1.27 bits per heavy atom. The summed E-state index contributed by atoms with van der Waals surface area (Å²) in [6, 6.07) is 0. The van der Waals surface area contributed by atoms with Crippen LogP contribution in [-0.4, -0.2) is 11.8 Å². The second-order valence-corrected chi connectivity index (χ2v) is 6.30. The molecule has 0 spiro atoms. The van der Waals surface area contributed by atoms with Gasteiger partial charge < -0.3 is 0 Å². The Kier molecular flexibility index (Phi) is 5.01. The van der Waals surface area contributed by atoms with Crippen molar-refractivity contribution < 1.29 is 0 Å². The average Bonchev–Trinajstić information content (AvgIpc) is 1.78. The molecule has 1 atom stereocenters. The molecular formula is C10H21P. The van der Waals surface area contributed by atoms with Gasteiger partial charge in [0.1, 0.15) is 0 Å². The van der Waals surface area contributed by atoms with Gasteiger partial charge in [-0.1, -0.05) is 46.8 Å². The van der Waals surface area contributed by atoms with Crippen molar-refractivity contribution in [1.82, 2.24) is 0 Å². The van der Waals surface area contributed by atoms with Gasteiger partial charge >= 0.3 is 0 Å². The van der Waals surface area contributed by atoms with Crippen molar-refractivity contribution in [2.45, 2.75) is 40.3 Å². The van der Waals surface area contributed by atoms with E-state index < -0.39 is 0 Å². The summed E-state index contributed by atoms with van der Waals surface area (Å²) in [6.07, 6.45) is 5.88. The van der Waals surface area contributed by atoms with Gasteiger partial charge in [0.15, 0.2) is 0 Å². The quantitative estimate of drug-likeness (QED) is 0.450. The van der Waals surface area contributed by atoms with E-state index in [-0.39, 0.29) is 0 Å². The van der Waals surface area contributed by atoms with Crippen LogP contribution in [0.25, 0.3) is 0 Å². The van der Waals surface area contributed by atoms with E-state index in [1.807, 2.05) is 0 Å². The standard InChI is InChI=1S/C10H21P/c1-9(2)11-8-6-7-10(3,4)5/h6-7,9,11H,8H2,1-5H3/b7-6-. The summed E-state index contributed by atoms with van der Waals surface area (Å²) in [5, 5.41) is 0. The van der Waals surface area contributed by atoms with Crippen LogP contribution in [0.2, 0.25) is 0 Å². The highest BCUT2D eigenvalue weighted by molar-refractivity contribution is 7.39. The minimum absolute atomic E-state index is 0.363. The van der Waals surface area contributed by atoms with Crippen LogP contribution in [0.1, 0.15) is 34.6 Å². The number of rotatable bonds is 3. The van der Waals surface area contributed by atoms with Crippen LogP contribution in [0.4, 0.5) is 0 Å². The minimum Gasteiger partial charge on any atom is -0.116 e. The van der Waals surface area contributed by atoms with Gasteiger partial charge in [0.2, 0.25) is 0 Å². The van der Waals surface area contributed by atoms with Gasteiger partial charge in [-0.25, -0.2) is 0 Å². The molecule has 0 aliphatic heterocycles. The van der Waals surface area contributed by atoms with E-state index in [1.54, 1.807) is 0 Å². The molecule has 0 bridgehead atoms. The maximum absolute atomic E-state index is 2.32. The van der Waals surface area contributed by atoms with E-state index in [0.29, 0.717) is 5.41 Å². The molecule has 0 aromatic carbocycles. The third-order valence-corrected chi connectivity index (χ3v) is 2.55. The molecular weight excluding hydrogens is 151 g/mol. The molecule has 0 nitrogen and oxygen atoms in total. The highest BCUT2D eigenvalue weighted by atomic mass is 31.1. The summed E-state index contributed by atoms with van der Waals surface area (Å²) in [7, 11) is 1.09. The molecule has 0 amide bonds. The van der Waals surface area contributed by atoms with E-state index in [9.17, 15) is 0 Å². The van der Waals surface area contributed by atoms with Crippen LogP contribution in [0.5, 0.6) is 0 Å². The van der Waals surface area contributed by atoms with Crippen LogP contribution < -0.4 is 0 Å². The van der Waals surface area contributed by atoms with Crippen LogP contribution in [0.15, 0.2) is 12.2 Å². The lowest BCUT2D eigenvalue weighted by Crippen LogP contribution is -1.98. The first kappa shape index (κ1) is 11.2. The maximum atomic E-state index is 2.32. The van der Waals surface area contributed by atoms with E-state index in [1.165, 1.54) is 6.16 Å². The van der Waals surface area contributed by atoms with Crippen LogP contribution in [0, 0.1) is 5.41 Å². The SMILES string of the molecule is CC(C)PC/C=C\C(C)(C)C. The molecule has 0 N–H and O–H groups in total. The lowest BCUT2D eigenvalue weighted by atomic mass is 9.97. The topological polar surface area (TPSA) is 0 Å². The van der Waals surface area contributed by atoms with Crippen molar-refractivity contribution in [2.24, 2.45) is 5.41 Å². The first-order valence-corrected chi connectivity index (χ1v) is 5.61. The average molecular weight is 172 g/mol. The molecule has 0 heterocycles. The Balaban J connectivity index is 3.46. The normalized spacial score (nSPS) is 14.4. The number of hydrogen-bond donors (Lipinski definition) is 0. The smallest absolute Gasteiger partial charge is 0.0170 e. The van der Waals surface area contributed by atoms with Gasteiger partial charge in [0.25, 0.3) is 0 Å². The van der Waals surface area contributed by atoms with Gasteiger partial charge in [-0.05, 0) is 17.2 Å². The Labute approximate surface area is 73.2 Å². The van der Waals surface area contributed by atoms with E-state index in [0.717, 1.165) is 14.2 Å². The summed E-state index contributed by atoms with van der Waals surface area (Å²) in [5.74, 6) is 0. The van der Waals surface area contributed by atoms with E-state index in [2.05, 4.69) is 46.8 Å². The highest BCUT2D eigenvalue weighted by Crippen LogP contribution is 2.20. The summed E-state index contributed by atoms with van der Waals surface area (Å²) in [5.41, 5.74) is 1.22. The molecule has 0 aliphatic rings. The van der Waals surface area contributed by atoms with Gasteiger partial charge in [-0.15, -0.1) is 8.58 Å². The van der Waals surface area contributed by atoms with Gasteiger partial charge in [-0.2, -0.15) is 0 Å². The van der Waals surface area contributed by atoms with Crippen molar-refractivity contribution in [3.05, 3.63) is 12.2 Å². The Morgan fingerprint density at radius 2 is 1.82 bits per heavy atom. The molecule has 0 radical (unpaired) electrons. The van der Waals surface area contributed by atoms with Crippen LogP contribution in [0.3, 0.4) is 0 Å². The first-order valence-electron chi connectivity index (χ1n) is 4.33. The lowest BCUT2D eigenvalue weighted by molar-refractivity contribution is 0.543. The zero-order valence-corrected chi connectivity index (χ0v) is 9.44. The predicted molar refractivity (Wildman–Crippen MR) is 56.9 cm³/mol. The number of allylic oxidation sites excluding steroid dienone is 2. The fraction of sp³-hybridized carbons (Fsp3) is 0.800. The first-order chi connectivity index (χ1) is 4.92. The molecule has 0 aliphatic carbocycles. The zero-order chi connectivity index (χ0) is 8.91. The monoisotopic (exact) mass is 172 g/mol. The Hall–Kier alpha value is 0.170. The van der Waals surface area contributed by atoms with Gasteiger partial charge in [-0.3, -0.25) is 0 Å². The summed E-state index contributed by atoms with van der Waals surface area (Å²) < 4.78 is 0. The minimum atomic E-state index is 0.363. The molecule has 66 valence electrons. The van der Waals surface area contributed by atoms with Crippen molar-refractivity contribution in [2.75, 3.05) is 6.16 Å². The molecule has 0 aromatic heterocycles. The van der Waals surface area contributed by atoms with Crippen molar-refractivity contribution in [1.29, 1.82) is 0 Å². The number of hydrogen-bond acceptors (Lipinski definition) is 0. The largest absolute Gasteiger partial charge is 0.116 e. The summed E-state index contributed by atoms with van der Waals surface area (Å²) in [6.45, 7) is 11.3. The molecule has 11 heavy (non-hydrogen) atoms. The Morgan fingerprint density at radius 3 is 2.18 bits per heavy atom. The van der Waals surface area contributed by atoms with Crippen molar-refractivity contribution >= 4 is 8.58 Å². The van der Waals surface area contributed by atoms with E-state index in [4.69, 9.17) is 0 Å². The third-order valence-electron chi connectivity index (χ3n) is 1.26. The summed E-state index contributed by atoms with van der Waals surface area (Å²) in [4.78, 5) is 0. The molecule has 0 rings (SSSR count). The van der Waals surface area contributed by atoms with Crippen LogP contribution in [-0.2, 0) is 0 Å². The molecule has 0 saturated carbocycles. The van der Waals surface area contributed by atoms with Crippen LogP contribution >= 0.6 is 8.58 Å². The predicted octanol–water partition coefficient (Wildman–Crippen LogP) is 3.68. The second kappa shape index (κ2) is 4.93. The fourth-order valence-electron chi connectivity index (χ4n) is 0.716. The van der Waals surface area contributed by atoms with Gasteiger partial charge in [0, 0.05) is 0 Å². The molecule has 1 heteroatoms.